The van der Waals surface area contributed by atoms with Gasteiger partial charge in [-0.25, -0.2) is 4.98 Å². The minimum absolute atomic E-state index is 0.712. The van der Waals surface area contributed by atoms with Gasteiger partial charge < -0.3 is 10.2 Å². The summed E-state index contributed by atoms with van der Waals surface area (Å²) in [6.07, 6.45) is 11.4. The van der Waals surface area contributed by atoms with Crippen LogP contribution in [0.15, 0.2) is 5.38 Å². The maximum atomic E-state index is 4.83. The number of hydrogen-bond donors (Lipinski definition) is 1. The first-order chi connectivity index (χ1) is 9.83. The molecule has 1 spiro atoms. The van der Waals surface area contributed by atoms with Gasteiger partial charge in [-0.2, -0.15) is 0 Å². The summed E-state index contributed by atoms with van der Waals surface area (Å²) >= 11 is 1.83. The largest absolute Gasteiger partial charge is 0.348 e. The molecule has 0 radical (unpaired) electrons. The molecule has 1 saturated heterocycles. The average Bonchev–Trinajstić information content (AvgIpc) is 3.00. The number of rotatable bonds is 4. The third-order valence-electron chi connectivity index (χ3n) is 5.45. The van der Waals surface area contributed by atoms with Crippen LogP contribution in [0.5, 0.6) is 0 Å². The van der Waals surface area contributed by atoms with Gasteiger partial charge in [0.15, 0.2) is 5.13 Å². The second kappa shape index (κ2) is 5.30. The Balaban J connectivity index is 1.33. The van der Waals surface area contributed by atoms with E-state index in [1.807, 2.05) is 11.3 Å². The summed E-state index contributed by atoms with van der Waals surface area (Å²) in [5, 5.41) is 7.05. The van der Waals surface area contributed by atoms with Gasteiger partial charge in [-0.05, 0) is 43.9 Å². The molecule has 0 unspecified atom stereocenters. The van der Waals surface area contributed by atoms with Gasteiger partial charge in [-0.15, -0.1) is 11.3 Å². The van der Waals surface area contributed by atoms with Crippen molar-refractivity contribution in [3.63, 3.8) is 0 Å². The van der Waals surface area contributed by atoms with E-state index < -0.39 is 0 Å². The smallest absolute Gasteiger partial charge is 0.185 e. The maximum absolute atomic E-state index is 4.83. The van der Waals surface area contributed by atoms with E-state index in [1.54, 1.807) is 0 Å². The molecule has 110 valence electrons. The first kappa shape index (κ1) is 13.1. The molecule has 3 nitrogen and oxygen atoms in total. The number of piperidine rings is 1. The van der Waals surface area contributed by atoms with Crippen LogP contribution in [0.2, 0.25) is 0 Å². The second-order valence-electron chi connectivity index (χ2n) is 6.97. The SMILES string of the molecule is c1sc(N2CCC3(CCCC3)CC2)nc1CNC1CC1. The Morgan fingerprint density at radius 3 is 2.65 bits per heavy atom. The van der Waals surface area contributed by atoms with Gasteiger partial charge in [0.25, 0.3) is 0 Å². The lowest BCUT2D eigenvalue weighted by atomic mass is 9.77. The number of hydrogen-bond acceptors (Lipinski definition) is 4. The van der Waals surface area contributed by atoms with E-state index >= 15 is 0 Å². The quantitative estimate of drug-likeness (QED) is 0.919. The van der Waals surface area contributed by atoms with Gasteiger partial charge in [0, 0.05) is 31.1 Å². The van der Waals surface area contributed by atoms with Crippen LogP contribution >= 0.6 is 11.3 Å². The molecule has 20 heavy (non-hydrogen) atoms. The predicted molar refractivity (Wildman–Crippen MR) is 84.3 cm³/mol. The van der Waals surface area contributed by atoms with Gasteiger partial charge in [0.2, 0.25) is 0 Å². The topological polar surface area (TPSA) is 28.2 Å². The fraction of sp³-hybridized carbons (Fsp3) is 0.812. The molecule has 2 heterocycles. The number of nitrogens with zero attached hydrogens (tertiary/aromatic N) is 2. The Kier molecular flexibility index (Phi) is 3.47. The summed E-state index contributed by atoms with van der Waals surface area (Å²) in [5.41, 5.74) is 1.95. The van der Waals surface area contributed by atoms with E-state index in [9.17, 15) is 0 Å². The standard InChI is InChI=1S/C16H25N3S/c1-2-6-16(5-1)7-9-19(10-8-16)15-18-14(12-20-15)11-17-13-3-4-13/h12-13,17H,1-11H2. The highest BCUT2D eigenvalue weighted by atomic mass is 32.1. The Morgan fingerprint density at radius 1 is 1.20 bits per heavy atom. The van der Waals surface area contributed by atoms with Gasteiger partial charge in [0.1, 0.15) is 0 Å². The van der Waals surface area contributed by atoms with Crippen molar-refractivity contribution < 1.29 is 0 Å². The molecule has 2 aliphatic carbocycles. The molecule has 1 aliphatic heterocycles. The molecular formula is C16H25N3S. The van der Waals surface area contributed by atoms with Crippen LogP contribution in [0.3, 0.4) is 0 Å². The molecule has 1 N–H and O–H groups in total. The minimum Gasteiger partial charge on any atom is -0.348 e. The minimum atomic E-state index is 0.712. The summed E-state index contributed by atoms with van der Waals surface area (Å²) in [7, 11) is 0. The maximum Gasteiger partial charge on any atom is 0.185 e. The summed E-state index contributed by atoms with van der Waals surface area (Å²) in [5.74, 6) is 0. The van der Waals surface area contributed by atoms with Crippen LogP contribution in [0.25, 0.3) is 0 Å². The molecule has 3 fully saturated rings. The molecule has 1 aromatic rings. The molecule has 0 atom stereocenters. The molecule has 0 bridgehead atoms. The molecule has 1 aromatic heterocycles. The number of nitrogens with one attached hydrogen (secondary N) is 1. The lowest BCUT2D eigenvalue weighted by molar-refractivity contribution is 0.226. The fourth-order valence-electron chi connectivity index (χ4n) is 3.86. The van der Waals surface area contributed by atoms with E-state index in [2.05, 4.69) is 15.6 Å². The third-order valence-corrected chi connectivity index (χ3v) is 6.40. The van der Waals surface area contributed by atoms with Gasteiger partial charge in [-0.3, -0.25) is 0 Å². The molecule has 0 aromatic carbocycles. The average molecular weight is 291 g/mol. The molecule has 4 rings (SSSR count). The third kappa shape index (κ3) is 2.73. The number of thiazole rings is 1. The van der Waals surface area contributed by atoms with Crippen molar-refractivity contribution in [3.8, 4) is 0 Å². The molecule has 0 amide bonds. The van der Waals surface area contributed by atoms with Crippen LogP contribution in [0.1, 0.15) is 57.1 Å². The van der Waals surface area contributed by atoms with Crippen molar-refractivity contribution in [2.75, 3.05) is 18.0 Å². The van der Waals surface area contributed by atoms with E-state index in [0.717, 1.165) is 12.6 Å². The highest BCUT2D eigenvalue weighted by Crippen LogP contribution is 2.46. The summed E-state index contributed by atoms with van der Waals surface area (Å²) in [6.45, 7) is 3.41. The zero-order valence-corrected chi connectivity index (χ0v) is 13.1. The predicted octanol–water partition coefficient (Wildman–Crippen LogP) is 3.56. The van der Waals surface area contributed by atoms with Crippen LogP contribution in [0.4, 0.5) is 5.13 Å². The molecular weight excluding hydrogens is 266 g/mol. The van der Waals surface area contributed by atoms with Crippen molar-refractivity contribution in [2.45, 2.75) is 64.0 Å². The summed E-state index contributed by atoms with van der Waals surface area (Å²) in [6, 6.07) is 0.775. The van der Waals surface area contributed by atoms with E-state index in [0.29, 0.717) is 5.41 Å². The summed E-state index contributed by atoms with van der Waals surface area (Å²) < 4.78 is 0. The Morgan fingerprint density at radius 2 is 1.95 bits per heavy atom. The van der Waals surface area contributed by atoms with Crippen molar-refractivity contribution in [2.24, 2.45) is 5.41 Å². The van der Waals surface area contributed by atoms with Gasteiger partial charge in [0.05, 0.1) is 5.69 Å². The molecule has 3 aliphatic rings. The highest BCUT2D eigenvalue weighted by molar-refractivity contribution is 7.13. The zero-order valence-electron chi connectivity index (χ0n) is 12.2. The monoisotopic (exact) mass is 291 g/mol. The van der Waals surface area contributed by atoms with E-state index in [1.165, 1.54) is 75.3 Å². The highest BCUT2D eigenvalue weighted by Gasteiger charge is 2.37. The van der Waals surface area contributed by atoms with Gasteiger partial charge >= 0.3 is 0 Å². The molecule has 4 heteroatoms. The van der Waals surface area contributed by atoms with Crippen molar-refractivity contribution >= 4 is 16.5 Å². The Bertz CT molecular complexity index is 450. The Hall–Kier alpha value is -0.610. The zero-order chi connectivity index (χ0) is 13.4. The van der Waals surface area contributed by atoms with Crippen molar-refractivity contribution in [1.29, 1.82) is 0 Å². The first-order valence-electron chi connectivity index (χ1n) is 8.26. The Labute approximate surface area is 125 Å². The lowest BCUT2D eigenvalue weighted by Gasteiger charge is -2.39. The summed E-state index contributed by atoms with van der Waals surface area (Å²) in [4.78, 5) is 7.35. The van der Waals surface area contributed by atoms with Crippen LogP contribution < -0.4 is 10.2 Å². The first-order valence-corrected chi connectivity index (χ1v) is 9.14. The normalized spacial score (nSPS) is 25.5. The van der Waals surface area contributed by atoms with Gasteiger partial charge in [-0.1, -0.05) is 12.8 Å². The number of aromatic nitrogens is 1. The second-order valence-corrected chi connectivity index (χ2v) is 7.81. The van der Waals surface area contributed by atoms with E-state index in [-0.39, 0.29) is 0 Å². The van der Waals surface area contributed by atoms with Crippen molar-refractivity contribution in [1.82, 2.24) is 10.3 Å². The fourth-order valence-corrected chi connectivity index (χ4v) is 4.74. The van der Waals surface area contributed by atoms with Crippen LogP contribution in [-0.4, -0.2) is 24.1 Å². The molecule has 2 saturated carbocycles. The lowest BCUT2D eigenvalue weighted by Crippen LogP contribution is -2.38. The van der Waals surface area contributed by atoms with E-state index in [4.69, 9.17) is 4.98 Å². The van der Waals surface area contributed by atoms with Crippen LogP contribution in [0, 0.1) is 5.41 Å². The number of anilines is 1. The van der Waals surface area contributed by atoms with Crippen molar-refractivity contribution in [3.05, 3.63) is 11.1 Å². The van der Waals surface area contributed by atoms with Crippen LogP contribution in [-0.2, 0) is 6.54 Å².